The van der Waals surface area contributed by atoms with Gasteiger partial charge in [-0.15, -0.1) is 0 Å². The summed E-state index contributed by atoms with van der Waals surface area (Å²) in [4.78, 5) is 16.9. The van der Waals surface area contributed by atoms with Crippen LogP contribution in [0.1, 0.15) is 19.4 Å². The van der Waals surface area contributed by atoms with E-state index in [-0.39, 0.29) is 5.28 Å². The molecule has 0 aliphatic rings. The molecular formula is C13H18ClN5S. The van der Waals surface area contributed by atoms with E-state index in [1.54, 1.807) is 11.3 Å². The van der Waals surface area contributed by atoms with Crippen molar-refractivity contribution in [3.05, 3.63) is 27.7 Å². The van der Waals surface area contributed by atoms with Crippen molar-refractivity contribution < 1.29 is 0 Å². The van der Waals surface area contributed by atoms with E-state index >= 15 is 0 Å². The zero-order valence-corrected chi connectivity index (χ0v) is 13.4. The molecule has 0 amide bonds. The molecule has 108 valence electrons. The van der Waals surface area contributed by atoms with E-state index in [1.807, 2.05) is 11.9 Å². The molecule has 7 heteroatoms. The maximum Gasteiger partial charge on any atom is 0.231 e. The predicted molar refractivity (Wildman–Crippen MR) is 84.8 cm³/mol. The van der Waals surface area contributed by atoms with Gasteiger partial charge in [0.25, 0.3) is 0 Å². The van der Waals surface area contributed by atoms with Gasteiger partial charge in [0.1, 0.15) is 0 Å². The van der Waals surface area contributed by atoms with Crippen LogP contribution < -0.4 is 9.80 Å². The van der Waals surface area contributed by atoms with Gasteiger partial charge in [0, 0.05) is 26.7 Å². The quantitative estimate of drug-likeness (QED) is 0.820. The van der Waals surface area contributed by atoms with Crippen molar-refractivity contribution in [1.82, 2.24) is 15.0 Å². The molecule has 0 atom stereocenters. The van der Waals surface area contributed by atoms with Crippen LogP contribution in [-0.4, -0.2) is 35.1 Å². The summed E-state index contributed by atoms with van der Waals surface area (Å²) in [6, 6.07) is 2.09. The normalized spacial score (nSPS) is 10.6. The minimum Gasteiger partial charge on any atom is -0.341 e. The van der Waals surface area contributed by atoms with E-state index < -0.39 is 0 Å². The van der Waals surface area contributed by atoms with Crippen LogP contribution in [0.15, 0.2) is 16.8 Å². The number of thiophene rings is 1. The molecule has 0 spiro atoms. The predicted octanol–water partition coefficient (Wildman–Crippen LogP) is 3.07. The maximum atomic E-state index is 6.02. The first kappa shape index (κ1) is 15.0. The molecule has 2 rings (SSSR count). The summed E-state index contributed by atoms with van der Waals surface area (Å²) in [7, 11) is 1.95. The second-order valence-electron chi connectivity index (χ2n) is 4.36. The van der Waals surface area contributed by atoms with Crippen LogP contribution >= 0.6 is 22.9 Å². The summed E-state index contributed by atoms with van der Waals surface area (Å²) in [5, 5.41) is 4.41. The van der Waals surface area contributed by atoms with E-state index in [0.29, 0.717) is 11.9 Å². The topological polar surface area (TPSA) is 45.2 Å². The van der Waals surface area contributed by atoms with Crippen molar-refractivity contribution in [3.8, 4) is 0 Å². The van der Waals surface area contributed by atoms with Crippen LogP contribution in [0.25, 0.3) is 0 Å². The van der Waals surface area contributed by atoms with E-state index in [4.69, 9.17) is 11.6 Å². The summed E-state index contributed by atoms with van der Waals surface area (Å²) < 4.78 is 0. The Bertz CT molecular complexity index is 542. The lowest BCUT2D eigenvalue weighted by molar-refractivity contribution is 0.791. The van der Waals surface area contributed by atoms with Crippen molar-refractivity contribution in [1.29, 1.82) is 0 Å². The van der Waals surface area contributed by atoms with Crippen LogP contribution in [0.4, 0.5) is 11.9 Å². The van der Waals surface area contributed by atoms with Crippen molar-refractivity contribution in [2.45, 2.75) is 20.4 Å². The Balaban J connectivity index is 2.22. The lowest BCUT2D eigenvalue weighted by Crippen LogP contribution is -2.26. The van der Waals surface area contributed by atoms with E-state index in [0.717, 1.165) is 19.6 Å². The molecule has 0 unspecified atom stereocenters. The maximum absolute atomic E-state index is 6.02. The fourth-order valence-electron chi connectivity index (χ4n) is 1.88. The van der Waals surface area contributed by atoms with E-state index in [2.05, 4.69) is 50.5 Å². The second-order valence-corrected chi connectivity index (χ2v) is 5.48. The monoisotopic (exact) mass is 311 g/mol. The highest BCUT2D eigenvalue weighted by atomic mass is 35.5. The molecule has 0 saturated heterocycles. The highest BCUT2D eigenvalue weighted by molar-refractivity contribution is 7.07. The fourth-order valence-corrected chi connectivity index (χ4v) is 2.69. The molecule has 0 fully saturated rings. The molecule has 0 bridgehead atoms. The molecule has 2 aromatic heterocycles. The molecule has 0 radical (unpaired) electrons. The molecule has 0 aromatic carbocycles. The number of aromatic nitrogens is 3. The second kappa shape index (κ2) is 6.85. The Hall–Kier alpha value is -1.40. The zero-order valence-electron chi connectivity index (χ0n) is 11.9. The standard InChI is InChI=1S/C13H18ClN5S/c1-4-19(5-2)13-16-11(14)15-12(17-13)18(3)8-10-6-7-20-9-10/h6-7,9H,4-5,8H2,1-3H3. The third kappa shape index (κ3) is 3.58. The van der Waals surface area contributed by atoms with Gasteiger partial charge >= 0.3 is 0 Å². The first-order valence-electron chi connectivity index (χ1n) is 6.52. The Labute approximate surface area is 128 Å². The molecular weight excluding hydrogens is 294 g/mol. The minimum atomic E-state index is 0.231. The first-order valence-corrected chi connectivity index (χ1v) is 7.84. The molecule has 0 saturated carbocycles. The van der Waals surface area contributed by atoms with Crippen molar-refractivity contribution >= 4 is 34.8 Å². The van der Waals surface area contributed by atoms with E-state index in [1.165, 1.54) is 5.56 Å². The zero-order chi connectivity index (χ0) is 14.5. The van der Waals surface area contributed by atoms with Gasteiger partial charge in [-0.1, -0.05) is 0 Å². The molecule has 2 heterocycles. The number of nitrogens with zero attached hydrogens (tertiary/aromatic N) is 5. The van der Waals surface area contributed by atoms with Crippen LogP contribution in [-0.2, 0) is 6.54 Å². The third-order valence-electron chi connectivity index (χ3n) is 2.97. The summed E-state index contributed by atoms with van der Waals surface area (Å²) >= 11 is 7.70. The lowest BCUT2D eigenvalue weighted by Gasteiger charge is -2.21. The van der Waals surface area contributed by atoms with Crippen molar-refractivity contribution in [3.63, 3.8) is 0 Å². The average Bonchev–Trinajstić information content (AvgIpc) is 2.92. The molecule has 0 N–H and O–H groups in total. The number of hydrogen-bond donors (Lipinski definition) is 0. The molecule has 20 heavy (non-hydrogen) atoms. The Morgan fingerprint density at radius 2 is 1.85 bits per heavy atom. The van der Waals surface area contributed by atoms with Gasteiger partial charge < -0.3 is 9.80 Å². The van der Waals surface area contributed by atoms with Gasteiger partial charge in [-0.2, -0.15) is 26.3 Å². The smallest absolute Gasteiger partial charge is 0.231 e. The molecule has 5 nitrogen and oxygen atoms in total. The average molecular weight is 312 g/mol. The number of halogens is 1. The van der Waals surface area contributed by atoms with Gasteiger partial charge in [-0.05, 0) is 47.8 Å². The van der Waals surface area contributed by atoms with Gasteiger partial charge in [0.05, 0.1) is 0 Å². The largest absolute Gasteiger partial charge is 0.341 e. The van der Waals surface area contributed by atoms with E-state index in [9.17, 15) is 0 Å². The van der Waals surface area contributed by atoms with Gasteiger partial charge in [-0.25, -0.2) is 0 Å². The summed E-state index contributed by atoms with van der Waals surface area (Å²) in [6.07, 6.45) is 0. The van der Waals surface area contributed by atoms with Crippen molar-refractivity contribution in [2.24, 2.45) is 0 Å². The lowest BCUT2D eigenvalue weighted by atomic mass is 10.3. The Morgan fingerprint density at radius 1 is 1.15 bits per heavy atom. The van der Waals surface area contributed by atoms with Crippen LogP contribution in [0.5, 0.6) is 0 Å². The SMILES string of the molecule is CCN(CC)c1nc(Cl)nc(N(C)Cc2ccsc2)n1. The van der Waals surface area contributed by atoms with Crippen molar-refractivity contribution in [2.75, 3.05) is 29.9 Å². The summed E-state index contributed by atoms with van der Waals surface area (Å²) in [5.41, 5.74) is 1.23. The van der Waals surface area contributed by atoms with Gasteiger partial charge in [0.15, 0.2) is 0 Å². The van der Waals surface area contributed by atoms with Crippen LogP contribution in [0.3, 0.4) is 0 Å². The molecule has 2 aromatic rings. The fraction of sp³-hybridized carbons (Fsp3) is 0.462. The van der Waals surface area contributed by atoms with Crippen LogP contribution in [0, 0.1) is 0 Å². The van der Waals surface area contributed by atoms with Crippen LogP contribution in [0.2, 0.25) is 5.28 Å². The summed E-state index contributed by atoms with van der Waals surface area (Å²) in [5.74, 6) is 1.22. The first-order chi connectivity index (χ1) is 9.63. The minimum absolute atomic E-state index is 0.231. The Kier molecular flexibility index (Phi) is 5.14. The molecule has 0 aliphatic carbocycles. The highest BCUT2D eigenvalue weighted by Crippen LogP contribution is 2.18. The third-order valence-corrected chi connectivity index (χ3v) is 3.87. The number of rotatable bonds is 6. The highest BCUT2D eigenvalue weighted by Gasteiger charge is 2.13. The van der Waals surface area contributed by atoms with Gasteiger partial charge in [-0.3, -0.25) is 0 Å². The molecule has 0 aliphatic heterocycles. The van der Waals surface area contributed by atoms with Gasteiger partial charge in [0.2, 0.25) is 17.2 Å². The number of hydrogen-bond acceptors (Lipinski definition) is 6. The Morgan fingerprint density at radius 3 is 2.45 bits per heavy atom. The summed E-state index contributed by atoms with van der Waals surface area (Å²) in [6.45, 7) is 6.56. The number of anilines is 2.